The van der Waals surface area contributed by atoms with E-state index in [1.54, 1.807) is 10.7 Å². The van der Waals surface area contributed by atoms with Crippen LogP contribution in [0.5, 0.6) is 5.75 Å². The van der Waals surface area contributed by atoms with Gasteiger partial charge in [0.05, 0.1) is 10.7 Å². The van der Waals surface area contributed by atoms with E-state index in [0.29, 0.717) is 17.3 Å². The zero-order chi connectivity index (χ0) is 14.4. The highest BCUT2D eigenvalue weighted by atomic mass is 32.2. The number of nitrogens with one attached hydrogen (secondary N) is 1. The SMILES string of the molecule is O=C(O)c1cccc2c1OB1ONn3cnnc3SC1C2. The van der Waals surface area contributed by atoms with Crippen molar-refractivity contribution in [3.8, 4) is 5.75 Å². The Hall–Kier alpha value is -2.20. The van der Waals surface area contributed by atoms with Gasteiger partial charge in [-0.05, 0) is 18.1 Å². The van der Waals surface area contributed by atoms with E-state index < -0.39 is 13.1 Å². The van der Waals surface area contributed by atoms with Crippen molar-refractivity contribution in [3.05, 3.63) is 35.7 Å². The Morgan fingerprint density at radius 2 is 2.48 bits per heavy atom. The molecule has 0 amide bonds. The molecule has 0 aliphatic carbocycles. The highest BCUT2D eigenvalue weighted by molar-refractivity contribution is 8.01. The molecule has 1 aromatic heterocycles. The largest absolute Gasteiger partial charge is 0.563 e. The van der Waals surface area contributed by atoms with Crippen molar-refractivity contribution in [2.75, 3.05) is 5.59 Å². The lowest BCUT2D eigenvalue weighted by Crippen LogP contribution is -2.44. The third kappa shape index (κ3) is 2.03. The zero-order valence-electron chi connectivity index (χ0n) is 10.6. The summed E-state index contributed by atoms with van der Waals surface area (Å²) in [5.74, 6) is -0.650. The third-order valence-electron chi connectivity index (χ3n) is 3.33. The normalized spacial score (nSPS) is 19.4. The molecule has 4 rings (SSSR count). The van der Waals surface area contributed by atoms with Crippen LogP contribution in [-0.2, 0) is 11.2 Å². The molecule has 1 unspecified atom stereocenters. The monoisotopic (exact) mass is 304 g/mol. The Kier molecular flexibility index (Phi) is 2.79. The molecule has 21 heavy (non-hydrogen) atoms. The van der Waals surface area contributed by atoms with Crippen LogP contribution < -0.4 is 10.2 Å². The Labute approximate surface area is 123 Å². The molecule has 10 heteroatoms. The predicted octanol–water partition coefficient (Wildman–Crippen LogP) is 0.588. The molecular formula is C11H9BN4O4S. The maximum atomic E-state index is 11.3. The van der Waals surface area contributed by atoms with Gasteiger partial charge < -0.3 is 9.76 Å². The van der Waals surface area contributed by atoms with Crippen LogP contribution in [0.1, 0.15) is 15.9 Å². The first-order valence-electron chi connectivity index (χ1n) is 6.22. The van der Waals surface area contributed by atoms with Crippen molar-refractivity contribution < 1.29 is 19.3 Å². The number of nitrogens with zero attached hydrogens (tertiary/aromatic N) is 3. The van der Waals surface area contributed by atoms with Crippen LogP contribution in [0.2, 0.25) is 0 Å². The molecule has 1 aromatic carbocycles. The minimum atomic E-state index is -1.02. The minimum Gasteiger partial charge on any atom is -0.533 e. The average molecular weight is 304 g/mol. The number of carboxylic acid groups (broad SMARTS) is 1. The topological polar surface area (TPSA) is 98.5 Å². The number of benzene rings is 1. The number of thioether (sulfide) groups is 1. The summed E-state index contributed by atoms with van der Waals surface area (Å²) in [6.45, 7) is 0. The fourth-order valence-electron chi connectivity index (χ4n) is 2.37. The maximum Gasteiger partial charge on any atom is 0.563 e. The number of carbonyl (C=O) groups is 1. The lowest BCUT2D eigenvalue weighted by molar-refractivity contribution is 0.0694. The summed E-state index contributed by atoms with van der Waals surface area (Å²) in [7, 11) is -0.607. The molecule has 0 fully saturated rings. The van der Waals surface area contributed by atoms with Gasteiger partial charge in [0.2, 0.25) is 5.16 Å². The van der Waals surface area contributed by atoms with E-state index in [4.69, 9.17) is 9.41 Å². The zero-order valence-corrected chi connectivity index (χ0v) is 11.4. The van der Waals surface area contributed by atoms with Gasteiger partial charge in [0.15, 0.2) is 0 Å². The molecule has 2 aliphatic heterocycles. The molecule has 0 spiro atoms. The van der Waals surface area contributed by atoms with Gasteiger partial charge in [0, 0.05) is 0 Å². The molecule has 0 saturated heterocycles. The summed E-state index contributed by atoms with van der Waals surface area (Å²) in [5, 5.41) is 17.7. The van der Waals surface area contributed by atoms with Gasteiger partial charge in [-0.15, -0.1) is 10.2 Å². The molecular weight excluding hydrogens is 295 g/mol. The Balaban J connectivity index is 1.70. The predicted molar refractivity (Wildman–Crippen MR) is 73.6 cm³/mol. The first kappa shape index (κ1) is 12.5. The van der Waals surface area contributed by atoms with Gasteiger partial charge in [-0.3, -0.25) is 4.76 Å². The fraction of sp³-hybridized carbons (Fsp3) is 0.182. The molecule has 0 radical (unpaired) electrons. The summed E-state index contributed by atoms with van der Waals surface area (Å²) in [5.41, 5.74) is 3.67. The molecule has 2 aliphatic rings. The summed E-state index contributed by atoms with van der Waals surface area (Å²) >= 11 is 1.48. The second kappa shape index (κ2) is 4.67. The molecule has 8 nitrogen and oxygen atoms in total. The molecule has 0 saturated carbocycles. The van der Waals surface area contributed by atoms with Gasteiger partial charge in [-0.25, -0.2) is 10.4 Å². The number of hydrogen-bond donors (Lipinski definition) is 2. The van der Waals surface area contributed by atoms with Crippen LogP contribution in [0.4, 0.5) is 0 Å². The molecule has 2 N–H and O–H groups in total. The van der Waals surface area contributed by atoms with Crippen molar-refractivity contribution in [3.63, 3.8) is 0 Å². The Bertz CT molecular complexity index is 724. The Morgan fingerprint density at radius 3 is 3.33 bits per heavy atom. The van der Waals surface area contributed by atoms with Gasteiger partial charge >= 0.3 is 13.1 Å². The maximum absolute atomic E-state index is 11.3. The van der Waals surface area contributed by atoms with Crippen LogP contribution in [0.25, 0.3) is 0 Å². The Morgan fingerprint density at radius 1 is 1.57 bits per heavy atom. The van der Waals surface area contributed by atoms with E-state index in [-0.39, 0.29) is 10.7 Å². The number of fused-ring (bicyclic) bond motifs is 3. The second-order valence-electron chi connectivity index (χ2n) is 4.64. The third-order valence-corrected chi connectivity index (χ3v) is 4.51. The number of para-hydroxylation sites is 1. The van der Waals surface area contributed by atoms with E-state index in [9.17, 15) is 9.90 Å². The summed E-state index contributed by atoms with van der Waals surface area (Å²) in [6, 6.07) is 5.10. The molecule has 0 bridgehead atoms. The lowest BCUT2D eigenvalue weighted by atomic mass is 9.77. The van der Waals surface area contributed by atoms with Crippen molar-refractivity contribution >= 4 is 24.8 Å². The van der Waals surface area contributed by atoms with Crippen LogP contribution in [0.3, 0.4) is 0 Å². The number of aromatic nitrogens is 3. The van der Waals surface area contributed by atoms with E-state index in [2.05, 4.69) is 15.8 Å². The standard InChI is InChI=1S/C11H9BN4O4S/c17-10(18)7-3-1-2-6-4-8-12(19-9(6)7)20-15-16-5-13-14-11(16)21-8/h1-3,5,8,15H,4H2,(H,17,18). The van der Waals surface area contributed by atoms with Gasteiger partial charge in [-0.2, -0.15) is 4.68 Å². The van der Waals surface area contributed by atoms with Crippen molar-refractivity contribution in [1.29, 1.82) is 0 Å². The van der Waals surface area contributed by atoms with Gasteiger partial charge in [0.1, 0.15) is 12.1 Å². The summed E-state index contributed by atoms with van der Waals surface area (Å²) < 4.78 is 12.8. The van der Waals surface area contributed by atoms with E-state index in [1.165, 1.54) is 24.2 Å². The van der Waals surface area contributed by atoms with Crippen molar-refractivity contribution in [2.45, 2.75) is 16.7 Å². The van der Waals surface area contributed by atoms with Crippen LogP contribution in [-0.4, -0.2) is 38.2 Å². The number of rotatable bonds is 1. The highest BCUT2D eigenvalue weighted by Crippen LogP contribution is 2.37. The fourth-order valence-corrected chi connectivity index (χ4v) is 3.42. The van der Waals surface area contributed by atoms with Crippen LogP contribution in [0, 0.1) is 0 Å². The quantitative estimate of drug-likeness (QED) is 0.739. The molecule has 3 heterocycles. The van der Waals surface area contributed by atoms with E-state index in [1.807, 2.05) is 6.07 Å². The van der Waals surface area contributed by atoms with Crippen LogP contribution in [0.15, 0.2) is 29.7 Å². The first-order chi connectivity index (χ1) is 10.2. The molecule has 106 valence electrons. The van der Waals surface area contributed by atoms with Crippen LogP contribution >= 0.6 is 11.8 Å². The van der Waals surface area contributed by atoms with Crippen molar-refractivity contribution in [2.24, 2.45) is 0 Å². The minimum absolute atomic E-state index is 0.0421. The van der Waals surface area contributed by atoms with Gasteiger partial charge in [0.25, 0.3) is 0 Å². The lowest BCUT2D eigenvalue weighted by Gasteiger charge is -2.27. The van der Waals surface area contributed by atoms with E-state index >= 15 is 0 Å². The molecule has 1 atom stereocenters. The first-order valence-corrected chi connectivity index (χ1v) is 7.10. The molecule has 2 aromatic rings. The number of carboxylic acids is 1. The second-order valence-corrected chi connectivity index (χ2v) is 5.84. The highest BCUT2D eigenvalue weighted by Gasteiger charge is 2.43. The smallest absolute Gasteiger partial charge is 0.533 e. The average Bonchev–Trinajstić information content (AvgIpc) is 2.84. The summed E-state index contributed by atoms with van der Waals surface area (Å²) in [4.78, 5) is 11.3. The number of hydrogen-bond acceptors (Lipinski definition) is 7. The van der Waals surface area contributed by atoms with Crippen molar-refractivity contribution in [1.82, 2.24) is 14.9 Å². The summed E-state index contributed by atoms with van der Waals surface area (Å²) in [6.07, 6.45) is 2.12. The van der Waals surface area contributed by atoms with Gasteiger partial charge in [-0.1, -0.05) is 23.9 Å². The number of aromatic carboxylic acids is 1. The van der Waals surface area contributed by atoms with E-state index in [0.717, 1.165) is 5.56 Å².